The smallest absolute Gasteiger partial charge is 0.396 e. The van der Waals surface area contributed by atoms with E-state index in [0.29, 0.717) is 6.92 Å². The quantitative estimate of drug-likeness (QED) is 0.517. The van der Waals surface area contributed by atoms with Gasteiger partial charge in [-0.1, -0.05) is 6.92 Å². The standard InChI is InChI=1S/C4H6F4O3S/c1-2-3(5,6)4(7,8)12(9,10)11/h2H2,1H3,(H,9,10,11)/p-1. The van der Waals surface area contributed by atoms with Gasteiger partial charge in [0.25, 0.3) is 0 Å². The van der Waals surface area contributed by atoms with Gasteiger partial charge in [0.15, 0.2) is 10.1 Å². The predicted octanol–water partition coefficient (Wildman–Crippen LogP) is 1.17. The lowest BCUT2D eigenvalue weighted by atomic mass is 10.3. The van der Waals surface area contributed by atoms with Gasteiger partial charge in [-0.15, -0.1) is 0 Å². The maximum absolute atomic E-state index is 12.1. The summed E-state index contributed by atoms with van der Waals surface area (Å²) < 4.78 is 77.3. The van der Waals surface area contributed by atoms with Gasteiger partial charge in [-0.25, -0.2) is 8.42 Å². The zero-order valence-corrected chi connectivity index (χ0v) is 6.67. The lowest BCUT2D eigenvalue weighted by Gasteiger charge is -2.27. The maximum Gasteiger partial charge on any atom is 0.396 e. The zero-order chi connectivity index (χ0) is 10.2. The van der Waals surface area contributed by atoms with Crippen molar-refractivity contribution in [3.05, 3.63) is 0 Å². The monoisotopic (exact) mass is 209 g/mol. The molecule has 0 rings (SSSR count). The van der Waals surface area contributed by atoms with Gasteiger partial charge in [0, 0.05) is 6.42 Å². The summed E-state index contributed by atoms with van der Waals surface area (Å²) in [6.45, 7) is 0.652. The van der Waals surface area contributed by atoms with E-state index in [1.54, 1.807) is 0 Å². The first-order chi connectivity index (χ1) is 5.06. The van der Waals surface area contributed by atoms with Crippen molar-refractivity contribution in [1.82, 2.24) is 0 Å². The summed E-state index contributed by atoms with van der Waals surface area (Å²) in [7, 11) is -6.31. The van der Waals surface area contributed by atoms with Crippen molar-refractivity contribution < 1.29 is 30.5 Å². The minimum atomic E-state index is -6.31. The Hall–Kier alpha value is -0.370. The van der Waals surface area contributed by atoms with Gasteiger partial charge in [0.05, 0.1) is 0 Å². The van der Waals surface area contributed by atoms with Crippen LogP contribution < -0.4 is 0 Å². The molecule has 0 aromatic carbocycles. The van der Waals surface area contributed by atoms with Crippen LogP contribution in [0, 0.1) is 0 Å². The lowest BCUT2D eigenvalue weighted by molar-refractivity contribution is -0.161. The number of hydrogen-bond donors (Lipinski definition) is 0. The Kier molecular flexibility index (Phi) is 2.75. The molecule has 0 N–H and O–H groups in total. The third-order valence-electron chi connectivity index (χ3n) is 1.18. The molecule has 74 valence electrons. The number of alkyl halides is 4. The summed E-state index contributed by atoms with van der Waals surface area (Å²) >= 11 is 0. The summed E-state index contributed by atoms with van der Waals surface area (Å²) in [5.74, 6) is -4.81. The number of rotatable bonds is 3. The molecule has 0 radical (unpaired) electrons. The molecule has 0 aliphatic carbocycles. The van der Waals surface area contributed by atoms with Crippen LogP contribution in [0.2, 0.25) is 0 Å². The minimum Gasteiger partial charge on any atom is -0.743 e. The van der Waals surface area contributed by atoms with Crippen LogP contribution in [-0.2, 0) is 10.1 Å². The van der Waals surface area contributed by atoms with Crippen LogP contribution in [0.15, 0.2) is 0 Å². The first-order valence-corrected chi connectivity index (χ1v) is 4.18. The van der Waals surface area contributed by atoms with Gasteiger partial charge in [0.2, 0.25) is 0 Å². The average molecular weight is 209 g/mol. The van der Waals surface area contributed by atoms with Gasteiger partial charge < -0.3 is 4.55 Å². The summed E-state index contributed by atoms with van der Waals surface area (Å²) in [4.78, 5) is 0. The fraction of sp³-hybridized carbons (Fsp3) is 1.00. The van der Waals surface area contributed by atoms with Crippen LogP contribution in [0.5, 0.6) is 0 Å². The van der Waals surface area contributed by atoms with Crippen LogP contribution in [0.4, 0.5) is 17.6 Å². The van der Waals surface area contributed by atoms with E-state index in [2.05, 4.69) is 0 Å². The summed E-state index contributed by atoms with van der Waals surface area (Å²) in [5, 5.41) is -5.53. The zero-order valence-electron chi connectivity index (χ0n) is 5.85. The molecule has 0 amide bonds. The molecule has 0 aromatic heterocycles. The van der Waals surface area contributed by atoms with E-state index in [9.17, 15) is 30.5 Å². The molecule has 0 aliphatic heterocycles. The lowest BCUT2D eigenvalue weighted by Crippen LogP contribution is -2.46. The van der Waals surface area contributed by atoms with Crippen LogP contribution in [0.1, 0.15) is 13.3 Å². The van der Waals surface area contributed by atoms with Crippen molar-refractivity contribution >= 4 is 10.1 Å². The van der Waals surface area contributed by atoms with E-state index >= 15 is 0 Å². The molecular formula is C4H5F4O3S-. The van der Waals surface area contributed by atoms with Crippen LogP contribution in [-0.4, -0.2) is 24.1 Å². The first kappa shape index (κ1) is 11.6. The Morgan fingerprint density at radius 2 is 1.58 bits per heavy atom. The molecule has 0 saturated heterocycles. The van der Waals surface area contributed by atoms with Gasteiger partial charge in [0.1, 0.15) is 0 Å². The SMILES string of the molecule is CCC(F)(F)C(F)(F)S(=O)(=O)[O-]. The van der Waals surface area contributed by atoms with Crippen molar-refractivity contribution in [2.24, 2.45) is 0 Å². The van der Waals surface area contributed by atoms with E-state index in [4.69, 9.17) is 0 Å². The number of hydrogen-bond acceptors (Lipinski definition) is 3. The minimum absolute atomic E-state index is 0.652. The third kappa shape index (κ3) is 1.69. The Morgan fingerprint density at radius 1 is 1.25 bits per heavy atom. The molecule has 0 atom stereocenters. The van der Waals surface area contributed by atoms with Gasteiger partial charge >= 0.3 is 11.2 Å². The molecule has 12 heavy (non-hydrogen) atoms. The number of halogens is 4. The Balaban J connectivity index is 5.13. The van der Waals surface area contributed by atoms with Crippen molar-refractivity contribution in [3.63, 3.8) is 0 Å². The Morgan fingerprint density at radius 3 is 1.67 bits per heavy atom. The van der Waals surface area contributed by atoms with Crippen molar-refractivity contribution in [1.29, 1.82) is 0 Å². The highest BCUT2D eigenvalue weighted by molar-refractivity contribution is 7.86. The van der Waals surface area contributed by atoms with Crippen molar-refractivity contribution in [2.75, 3.05) is 0 Å². The fourth-order valence-electron chi connectivity index (χ4n) is 0.389. The highest BCUT2D eigenvalue weighted by Gasteiger charge is 2.60. The molecule has 8 heteroatoms. The summed E-state index contributed by atoms with van der Waals surface area (Å²) in [5.41, 5.74) is 0. The first-order valence-electron chi connectivity index (χ1n) is 2.77. The summed E-state index contributed by atoms with van der Waals surface area (Å²) in [6.07, 6.45) is -1.42. The molecule has 0 aromatic rings. The molecule has 0 spiro atoms. The Bertz CT molecular complexity index is 257. The maximum atomic E-state index is 12.1. The normalized spacial score (nSPS) is 14.8. The average Bonchev–Trinajstić information content (AvgIpc) is 1.85. The van der Waals surface area contributed by atoms with Gasteiger partial charge in [-0.05, 0) is 0 Å². The molecule has 0 unspecified atom stereocenters. The summed E-state index contributed by atoms with van der Waals surface area (Å²) in [6, 6.07) is 0. The van der Waals surface area contributed by atoms with E-state index in [0.717, 1.165) is 0 Å². The molecule has 0 aliphatic rings. The highest BCUT2D eigenvalue weighted by atomic mass is 32.2. The molecule has 0 heterocycles. The van der Waals surface area contributed by atoms with Crippen molar-refractivity contribution in [2.45, 2.75) is 24.5 Å². The second-order valence-corrected chi connectivity index (χ2v) is 3.45. The van der Waals surface area contributed by atoms with Crippen LogP contribution >= 0.6 is 0 Å². The Labute approximate surface area is 66.1 Å². The van der Waals surface area contributed by atoms with Crippen molar-refractivity contribution in [3.8, 4) is 0 Å². The van der Waals surface area contributed by atoms with Crippen LogP contribution in [0.25, 0.3) is 0 Å². The second-order valence-electron chi connectivity index (χ2n) is 2.03. The predicted molar refractivity (Wildman–Crippen MR) is 29.9 cm³/mol. The largest absolute Gasteiger partial charge is 0.743 e. The van der Waals surface area contributed by atoms with E-state index in [1.807, 2.05) is 0 Å². The molecule has 0 fully saturated rings. The van der Waals surface area contributed by atoms with E-state index in [1.165, 1.54) is 0 Å². The van der Waals surface area contributed by atoms with Gasteiger partial charge in [-0.2, -0.15) is 17.6 Å². The molecular weight excluding hydrogens is 204 g/mol. The second kappa shape index (κ2) is 2.84. The van der Waals surface area contributed by atoms with Gasteiger partial charge in [-0.3, -0.25) is 0 Å². The molecule has 0 bridgehead atoms. The topological polar surface area (TPSA) is 57.2 Å². The molecule has 3 nitrogen and oxygen atoms in total. The van der Waals surface area contributed by atoms with E-state index < -0.39 is 27.7 Å². The highest BCUT2D eigenvalue weighted by Crippen LogP contribution is 2.40. The third-order valence-corrected chi connectivity index (χ3v) is 2.11. The molecule has 0 saturated carbocycles. The van der Waals surface area contributed by atoms with Crippen LogP contribution in [0.3, 0.4) is 0 Å². The fourth-order valence-corrected chi connectivity index (χ4v) is 0.899. The van der Waals surface area contributed by atoms with E-state index in [-0.39, 0.29) is 0 Å².